The van der Waals surface area contributed by atoms with Crippen LogP contribution in [0.25, 0.3) is 0 Å². The number of carbonyl (C=O) groups excluding carboxylic acids is 1. The van der Waals surface area contributed by atoms with Crippen LogP contribution in [0.5, 0.6) is 0 Å². The number of benzene rings is 1. The van der Waals surface area contributed by atoms with Gasteiger partial charge in [0.05, 0.1) is 18.3 Å². The predicted molar refractivity (Wildman–Crippen MR) is 80.9 cm³/mol. The summed E-state index contributed by atoms with van der Waals surface area (Å²) in [5.41, 5.74) is 2.93. The molecule has 1 heterocycles. The van der Waals surface area contributed by atoms with Crippen molar-refractivity contribution < 1.29 is 9.90 Å². The van der Waals surface area contributed by atoms with Gasteiger partial charge < -0.3 is 10.4 Å². The predicted octanol–water partition coefficient (Wildman–Crippen LogP) is 1.22. The highest BCUT2D eigenvalue weighted by Crippen LogP contribution is 2.04. The molecule has 1 aromatic heterocycles. The number of aromatic nitrogens is 2. The molecule has 0 spiro atoms. The first kappa shape index (κ1) is 15.3. The van der Waals surface area contributed by atoms with Gasteiger partial charge in [0, 0.05) is 5.69 Å². The molecule has 0 bridgehead atoms. The summed E-state index contributed by atoms with van der Waals surface area (Å²) >= 11 is 0. The second kappa shape index (κ2) is 7.04. The van der Waals surface area contributed by atoms with Gasteiger partial charge in [-0.1, -0.05) is 30.3 Å². The summed E-state index contributed by atoms with van der Waals surface area (Å²) in [5.74, 6) is -0.142. The molecule has 5 heteroatoms. The maximum atomic E-state index is 12.1. The largest absolute Gasteiger partial charge is 0.394 e. The third kappa shape index (κ3) is 4.43. The van der Waals surface area contributed by atoms with Gasteiger partial charge in [0.15, 0.2) is 0 Å². The highest BCUT2D eigenvalue weighted by atomic mass is 16.3. The number of nitrogens with one attached hydrogen (secondary N) is 1. The molecule has 1 atom stereocenters. The number of nitrogens with zero attached hydrogens (tertiary/aromatic N) is 2. The summed E-state index contributed by atoms with van der Waals surface area (Å²) in [6.45, 7) is 3.90. The summed E-state index contributed by atoms with van der Waals surface area (Å²) in [4.78, 5) is 12.1. The lowest BCUT2D eigenvalue weighted by molar-refractivity contribution is -0.122. The lowest BCUT2D eigenvalue weighted by Crippen LogP contribution is -2.41. The van der Waals surface area contributed by atoms with Crippen LogP contribution >= 0.6 is 0 Å². The van der Waals surface area contributed by atoms with Gasteiger partial charge in [-0.15, -0.1) is 0 Å². The third-order valence-electron chi connectivity index (χ3n) is 3.31. The smallest absolute Gasteiger partial charge is 0.242 e. The molecule has 2 rings (SSSR count). The quantitative estimate of drug-likeness (QED) is 0.839. The fourth-order valence-corrected chi connectivity index (χ4v) is 2.30. The molecule has 0 unspecified atom stereocenters. The molecule has 1 amide bonds. The Bertz CT molecular complexity index is 593. The maximum Gasteiger partial charge on any atom is 0.242 e. The molecule has 21 heavy (non-hydrogen) atoms. The number of hydrogen-bond donors (Lipinski definition) is 2. The first-order valence-corrected chi connectivity index (χ1v) is 7.03. The third-order valence-corrected chi connectivity index (χ3v) is 3.31. The van der Waals surface area contributed by atoms with Gasteiger partial charge in [-0.3, -0.25) is 9.48 Å². The molecule has 0 fully saturated rings. The van der Waals surface area contributed by atoms with Crippen molar-refractivity contribution in [2.24, 2.45) is 0 Å². The number of aliphatic hydroxyl groups excluding tert-OH is 1. The Morgan fingerprint density at radius 2 is 2.05 bits per heavy atom. The van der Waals surface area contributed by atoms with E-state index in [9.17, 15) is 9.90 Å². The fourth-order valence-electron chi connectivity index (χ4n) is 2.30. The van der Waals surface area contributed by atoms with E-state index in [1.807, 2.05) is 50.2 Å². The van der Waals surface area contributed by atoms with Crippen molar-refractivity contribution in [3.8, 4) is 0 Å². The van der Waals surface area contributed by atoms with E-state index >= 15 is 0 Å². The van der Waals surface area contributed by atoms with Gasteiger partial charge in [0.25, 0.3) is 0 Å². The van der Waals surface area contributed by atoms with Gasteiger partial charge in [-0.2, -0.15) is 5.10 Å². The molecular weight excluding hydrogens is 266 g/mol. The van der Waals surface area contributed by atoms with Crippen LogP contribution in [0.3, 0.4) is 0 Å². The summed E-state index contributed by atoms with van der Waals surface area (Å²) in [6.07, 6.45) is 0.611. The SMILES string of the molecule is Cc1cc(C)n(CC(=O)N[C@H](CO)Cc2ccccc2)n1. The van der Waals surface area contributed by atoms with Crippen molar-refractivity contribution in [1.82, 2.24) is 15.1 Å². The molecule has 0 radical (unpaired) electrons. The number of amides is 1. The Morgan fingerprint density at radius 1 is 1.33 bits per heavy atom. The molecule has 0 aliphatic carbocycles. The van der Waals surface area contributed by atoms with Crippen LogP contribution in [0.15, 0.2) is 36.4 Å². The minimum atomic E-state index is -0.281. The Balaban J connectivity index is 1.92. The van der Waals surface area contributed by atoms with E-state index < -0.39 is 0 Å². The zero-order chi connectivity index (χ0) is 15.2. The first-order chi connectivity index (χ1) is 10.1. The van der Waals surface area contributed by atoms with E-state index in [4.69, 9.17) is 0 Å². The Hall–Kier alpha value is -2.14. The van der Waals surface area contributed by atoms with Crippen LogP contribution < -0.4 is 5.32 Å². The zero-order valence-electron chi connectivity index (χ0n) is 12.4. The van der Waals surface area contributed by atoms with Gasteiger partial charge >= 0.3 is 0 Å². The normalized spacial score (nSPS) is 12.1. The van der Waals surface area contributed by atoms with Crippen LogP contribution in [0.2, 0.25) is 0 Å². The van der Waals surface area contributed by atoms with Crippen molar-refractivity contribution in [3.63, 3.8) is 0 Å². The fraction of sp³-hybridized carbons (Fsp3) is 0.375. The molecular formula is C16H21N3O2. The molecule has 0 aliphatic rings. The van der Waals surface area contributed by atoms with Gasteiger partial charge in [0.1, 0.15) is 6.54 Å². The summed E-state index contributed by atoms with van der Waals surface area (Å²) in [7, 11) is 0. The Labute approximate surface area is 124 Å². The van der Waals surface area contributed by atoms with Gasteiger partial charge in [-0.05, 0) is 31.9 Å². The number of carbonyl (C=O) groups is 1. The standard InChI is InChI=1S/C16H21N3O2/c1-12-8-13(2)19(18-12)10-16(21)17-15(11-20)9-14-6-4-3-5-7-14/h3-8,15,20H,9-11H2,1-2H3,(H,17,21)/t15-/m0/s1. The van der Waals surface area contributed by atoms with Crippen molar-refractivity contribution in [2.45, 2.75) is 32.9 Å². The lowest BCUT2D eigenvalue weighted by Gasteiger charge is -2.16. The van der Waals surface area contributed by atoms with Crippen LogP contribution in [0.4, 0.5) is 0 Å². The van der Waals surface area contributed by atoms with Crippen molar-refractivity contribution in [1.29, 1.82) is 0 Å². The van der Waals surface area contributed by atoms with Crippen molar-refractivity contribution in [2.75, 3.05) is 6.61 Å². The van der Waals surface area contributed by atoms with Crippen molar-refractivity contribution >= 4 is 5.91 Å². The molecule has 2 aromatic rings. The van der Waals surface area contributed by atoms with E-state index in [-0.39, 0.29) is 25.1 Å². The summed E-state index contributed by atoms with van der Waals surface area (Å²) in [6, 6.07) is 11.4. The number of aliphatic hydroxyl groups is 1. The highest BCUT2D eigenvalue weighted by molar-refractivity contribution is 5.76. The van der Waals surface area contributed by atoms with Gasteiger partial charge in [-0.25, -0.2) is 0 Å². The minimum absolute atomic E-state index is 0.0856. The van der Waals surface area contributed by atoms with Crippen LogP contribution in [-0.4, -0.2) is 33.4 Å². The molecule has 0 saturated heterocycles. The number of rotatable bonds is 6. The average molecular weight is 287 g/mol. The van der Waals surface area contributed by atoms with E-state index in [1.54, 1.807) is 4.68 Å². The summed E-state index contributed by atoms with van der Waals surface area (Å²) in [5, 5.41) is 16.5. The zero-order valence-corrected chi connectivity index (χ0v) is 12.4. The first-order valence-electron chi connectivity index (χ1n) is 7.03. The lowest BCUT2D eigenvalue weighted by atomic mass is 10.1. The van der Waals surface area contributed by atoms with Gasteiger partial charge in [0.2, 0.25) is 5.91 Å². The minimum Gasteiger partial charge on any atom is -0.394 e. The average Bonchev–Trinajstić information content (AvgIpc) is 2.77. The monoisotopic (exact) mass is 287 g/mol. The van der Waals surface area contributed by atoms with E-state index in [0.717, 1.165) is 17.0 Å². The van der Waals surface area contributed by atoms with E-state index in [1.165, 1.54) is 0 Å². The topological polar surface area (TPSA) is 67.2 Å². The molecule has 112 valence electrons. The van der Waals surface area contributed by atoms with Crippen LogP contribution in [0, 0.1) is 13.8 Å². The summed E-state index contributed by atoms with van der Waals surface area (Å²) < 4.78 is 1.67. The van der Waals surface area contributed by atoms with Crippen LogP contribution in [-0.2, 0) is 17.8 Å². The molecule has 1 aromatic carbocycles. The van der Waals surface area contributed by atoms with Crippen LogP contribution in [0.1, 0.15) is 17.0 Å². The Morgan fingerprint density at radius 3 is 2.62 bits per heavy atom. The van der Waals surface area contributed by atoms with Crippen molar-refractivity contribution in [3.05, 3.63) is 53.3 Å². The number of hydrogen-bond acceptors (Lipinski definition) is 3. The highest BCUT2D eigenvalue weighted by Gasteiger charge is 2.13. The maximum absolute atomic E-state index is 12.1. The second-order valence-corrected chi connectivity index (χ2v) is 5.22. The second-order valence-electron chi connectivity index (χ2n) is 5.22. The van der Waals surface area contributed by atoms with E-state index in [0.29, 0.717) is 6.42 Å². The molecule has 0 aliphatic heterocycles. The number of aryl methyl sites for hydroxylation is 2. The molecule has 0 saturated carbocycles. The molecule has 2 N–H and O–H groups in total. The molecule has 5 nitrogen and oxygen atoms in total. The van der Waals surface area contributed by atoms with E-state index in [2.05, 4.69) is 10.4 Å². The Kier molecular flexibility index (Phi) is 5.11.